The van der Waals surface area contributed by atoms with Gasteiger partial charge in [-0.3, -0.25) is 0 Å². The molecule has 114 valence electrons. The maximum atomic E-state index is 4.71. The zero-order valence-electron chi connectivity index (χ0n) is 12.0. The van der Waals surface area contributed by atoms with Crippen molar-refractivity contribution in [1.82, 2.24) is 35.3 Å². The molecular weight excluding hydrogens is 296 g/mol. The minimum atomic E-state index is 0.435. The summed E-state index contributed by atoms with van der Waals surface area (Å²) >= 11 is 0. The van der Waals surface area contributed by atoms with Crippen molar-refractivity contribution in [2.24, 2.45) is 0 Å². The van der Waals surface area contributed by atoms with Gasteiger partial charge in [0.15, 0.2) is 17.0 Å². The molecule has 1 aliphatic carbocycles. The minimum absolute atomic E-state index is 0.435. The summed E-state index contributed by atoms with van der Waals surface area (Å²) in [7, 11) is 0. The fourth-order valence-corrected chi connectivity index (χ4v) is 2.58. The van der Waals surface area contributed by atoms with E-state index in [9.17, 15) is 0 Å². The average molecular weight is 308 g/mol. The Kier molecular flexibility index (Phi) is 2.54. The van der Waals surface area contributed by atoms with Crippen molar-refractivity contribution in [1.29, 1.82) is 0 Å². The third-order valence-corrected chi connectivity index (χ3v) is 3.93. The summed E-state index contributed by atoms with van der Waals surface area (Å²) < 4.78 is 6.59. The van der Waals surface area contributed by atoms with Crippen molar-refractivity contribution in [2.45, 2.75) is 25.4 Å². The van der Waals surface area contributed by atoms with Gasteiger partial charge < -0.3 is 5.32 Å². The molecule has 3 aromatic heterocycles. The molecule has 0 spiro atoms. The van der Waals surface area contributed by atoms with Gasteiger partial charge in [0.2, 0.25) is 0 Å². The lowest BCUT2D eigenvalue weighted by Crippen LogP contribution is -2.03. The molecule has 0 bridgehead atoms. The van der Waals surface area contributed by atoms with Crippen molar-refractivity contribution >= 4 is 28.0 Å². The van der Waals surface area contributed by atoms with Crippen LogP contribution in [0.25, 0.3) is 22.2 Å². The van der Waals surface area contributed by atoms with E-state index in [2.05, 4.69) is 35.9 Å². The Bertz CT molecular complexity index is 1000. The van der Waals surface area contributed by atoms with Crippen LogP contribution in [-0.4, -0.2) is 35.3 Å². The first-order chi connectivity index (χ1) is 11.4. The number of hydrogen-bond donors (Lipinski definition) is 1. The van der Waals surface area contributed by atoms with Crippen LogP contribution in [0.2, 0.25) is 0 Å². The predicted octanol–water partition coefficient (Wildman–Crippen LogP) is 1.70. The van der Waals surface area contributed by atoms with E-state index in [0.717, 1.165) is 35.1 Å². The van der Waals surface area contributed by atoms with Crippen LogP contribution < -0.4 is 5.32 Å². The van der Waals surface area contributed by atoms with Crippen molar-refractivity contribution in [3.05, 3.63) is 30.1 Å². The first-order valence-electron chi connectivity index (χ1n) is 7.39. The molecule has 3 heterocycles. The number of anilines is 1. The van der Waals surface area contributed by atoms with Crippen LogP contribution in [0.4, 0.5) is 5.82 Å². The number of hydrogen-bond acceptors (Lipinski definition) is 8. The van der Waals surface area contributed by atoms with Crippen LogP contribution in [0.3, 0.4) is 0 Å². The van der Waals surface area contributed by atoms with E-state index < -0.39 is 0 Å². The number of nitrogens with zero attached hydrogens (tertiary/aromatic N) is 7. The second kappa shape index (κ2) is 4.70. The summed E-state index contributed by atoms with van der Waals surface area (Å²) in [6, 6.07) is 6.21. The minimum Gasteiger partial charge on any atom is -0.364 e. The van der Waals surface area contributed by atoms with Crippen LogP contribution in [0.1, 0.15) is 24.4 Å². The molecule has 23 heavy (non-hydrogen) atoms. The van der Waals surface area contributed by atoms with Crippen LogP contribution in [-0.2, 0) is 6.54 Å². The van der Waals surface area contributed by atoms with Crippen LogP contribution in [0.15, 0.2) is 29.2 Å². The Morgan fingerprint density at radius 1 is 1.17 bits per heavy atom. The molecule has 1 aromatic carbocycles. The Morgan fingerprint density at radius 2 is 2.09 bits per heavy atom. The maximum Gasteiger partial charge on any atom is 0.184 e. The number of benzene rings is 1. The van der Waals surface area contributed by atoms with Crippen molar-refractivity contribution < 1.29 is 4.63 Å². The summed E-state index contributed by atoms with van der Waals surface area (Å²) in [6.07, 6.45) is 3.81. The molecule has 1 N–H and O–H groups in total. The highest BCUT2D eigenvalue weighted by atomic mass is 16.6. The van der Waals surface area contributed by atoms with Gasteiger partial charge >= 0.3 is 0 Å². The Hall–Kier alpha value is -3.10. The van der Waals surface area contributed by atoms with Crippen LogP contribution >= 0.6 is 0 Å². The Labute approximate surface area is 129 Å². The number of rotatable bonds is 4. The molecule has 1 aliphatic rings. The van der Waals surface area contributed by atoms with E-state index >= 15 is 0 Å². The fraction of sp³-hybridized carbons (Fsp3) is 0.286. The molecule has 0 atom stereocenters. The zero-order valence-corrected chi connectivity index (χ0v) is 12.0. The molecule has 1 saturated carbocycles. The Balaban J connectivity index is 1.44. The molecular formula is C14H12N8O. The van der Waals surface area contributed by atoms with E-state index in [1.165, 1.54) is 6.33 Å². The largest absolute Gasteiger partial charge is 0.364 e. The third-order valence-electron chi connectivity index (χ3n) is 3.93. The van der Waals surface area contributed by atoms with Crippen LogP contribution in [0, 0.1) is 0 Å². The van der Waals surface area contributed by atoms with Gasteiger partial charge in [0.25, 0.3) is 0 Å². The molecule has 1 fully saturated rings. The van der Waals surface area contributed by atoms with Crippen LogP contribution in [0.5, 0.6) is 0 Å². The first-order valence-corrected chi connectivity index (χ1v) is 7.39. The lowest BCUT2D eigenvalue weighted by Gasteiger charge is -2.05. The summed E-state index contributed by atoms with van der Waals surface area (Å²) in [5.41, 5.74) is 4.00. The predicted molar refractivity (Wildman–Crippen MR) is 80.5 cm³/mol. The van der Waals surface area contributed by atoms with E-state index in [0.29, 0.717) is 23.9 Å². The van der Waals surface area contributed by atoms with Crippen molar-refractivity contribution in [3.8, 4) is 0 Å². The maximum absolute atomic E-state index is 4.71. The second-order valence-corrected chi connectivity index (χ2v) is 5.60. The molecule has 0 amide bonds. The average Bonchev–Trinajstić information content (AvgIpc) is 3.16. The smallest absolute Gasteiger partial charge is 0.184 e. The third kappa shape index (κ3) is 2.08. The van der Waals surface area contributed by atoms with E-state index in [1.54, 1.807) is 0 Å². The van der Waals surface area contributed by atoms with Gasteiger partial charge in [0, 0.05) is 6.54 Å². The standard InChI is InChI=1S/C14H12N8O/c1-4-10-11(20-23-19-10)5-8(1)6-15-13-12-14(17-7-16-13)22(21-18-12)9-2-3-9/h1,4-5,7,9H,2-3,6H2,(H,15,16,17). The number of nitrogens with one attached hydrogen (secondary N) is 1. The van der Waals surface area contributed by atoms with Gasteiger partial charge in [-0.25, -0.2) is 19.3 Å². The molecule has 0 aliphatic heterocycles. The van der Waals surface area contributed by atoms with Gasteiger partial charge in [0.1, 0.15) is 17.4 Å². The molecule has 9 heteroatoms. The van der Waals surface area contributed by atoms with Gasteiger partial charge in [-0.1, -0.05) is 11.3 Å². The van der Waals surface area contributed by atoms with Crippen molar-refractivity contribution in [3.63, 3.8) is 0 Å². The number of aromatic nitrogens is 7. The summed E-state index contributed by atoms with van der Waals surface area (Å²) in [4.78, 5) is 8.59. The normalized spacial score (nSPS) is 14.6. The highest BCUT2D eigenvalue weighted by Gasteiger charge is 2.27. The van der Waals surface area contributed by atoms with Crippen molar-refractivity contribution in [2.75, 3.05) is 5.32 Å². The van der Waals surface area contributed by atoms with E-state index in [1.807, 2.05) is 22.9 Å². The molecule has 0 unspecified atom stereocenters. The van der Waals surface area contributed by atoms with Gasteiger partial charge in [0.05, 0.1) is 6.04 Å². The topological polar surface area (TPSA) is 107 Å². The van der Waals surface area contributed by atoms with Gasteiger partial charge in [-0.2, -0.15) is 0 Å². The SMILES string of the molecule is c1nc(NCc2ccc3nonc3c2)c2nnn(C3CC3)c2n1. The number of fused-ring (bicyclic) bond motifs is 2. The van der Waals surface area contributed by atoms with Gasteiger partial charge in [-0.15, -0.1) is 5.10 Å². The zero-order chi connectivity index (χ0) is 15.2. The quantitative estimate of drug-likeness (QED) is 0.607. The van der Waals surface area contributed by atoms with E-state index in [-0.39, 0.29) is 0 Å². The lowest BCUT2D eigenvalue weighted by molar-refractivity contribution is 0.315. The molecule has 0 radical (unpaired) electrons. The highest BCUT2D eigenvalue weighted by Crippen LogP contribution is 2.36. The molecule has 5 rings (SSSR count). The Morgan fingerprint density at radius 3 is 3.00 bits per heavy atom. The fourth-order valence-electron chi connectivity index (χ4n) is 2.58. The second-order valence-electron chi connectivity index (χ2n) is 5.60. The van der Waals surface area contributed by atoms with E-state index in [4.69, 9.17) is 4.63 Å². The molecule has 4 aromatic rings. The lowest BCUT2D eigenvalue weighted by atomic mass is 10.2. The molecule has 0 saturated heterocycles. The molecule has 9 nitrogen and oxygen atoms in total. The first kappa shape index (κ1) is 12.4. The summed E-state index contributed by atoms with van der Waals surface area (Å²) in [5.74, 6) is 0.681. The highest BCUT2D eigenvalue weighted by molar-refractivity contribution is 5.82. The summed E-state index contributed by atoms with van der Waals surface area (Å²) in [6.45, 7) is 0.588. The summed E-state index contributed by atoms with van der Waals surface area (Å²) in [5, 5.41) is 19.4. The monoisotopic (exact) mass is 308 g/mol. The van der Waals surface area contributed by atoms with Gasteiger partial charge in [-0.05, 0) is 40.9 Å².